The van der Waals surface area contributed by atoms with E-state index in [0.29, 0.717) is 17.9 Å². The molecule has 1 aliphatic rings. The number of nitrogens with zero attached hydrogens (tertiary/aromatic N) is 3. The molecule has 0 bridgehead atoms. The molecular weight excluding hydrogens is 394 g/mol. The van der Waals surface area contributed by atoms with Crippen LogP contribution in [0.2, 0.25) is 0 Å². The molecule has 3 aromatic rings. The number of carbonyl (C=O) groups excluding carboxylic acids is 1. The predicted octanol–water partition coefficient (Wildman–Crippen LogP) is 3.12. The number of rotatable bonds is 7. The number of fused-ring (bicyclic) bond motifs is 1. The van der Waals surface area contributed by atoms with Gasteiger partial charge in [0.1, 0.15) is 17.9 Å². The zero-order chi connectivity index (χ0) is 21.6. The Morgan fingerprint density at radius 1 is 1.06 bits per heavy atom. The summed E-state index contributed by atoms with van der Waals surface area (Å²) in [6.45, 7) is 7.99. The Morgan fingerprint density at radius 2 is 1.81 bits per heavy atom. The van der Waals surface area contributed by atoms with Crippen LogP contribution in [0, 0.1) is 0 Å². The Kier molecular flexibility index (Phi) is 6.64. The maximum atomic E-state index is 11.7. The van der Waals surface area contributed by atoms with Gasteiger partial charge in [-0.1, -0.05) is 30.3 Å². The number of ketones is 1. The summed E-state index contributed by atoms with van der Waals surface area (Å²) in [6, 6.07) is 17.7. The van der Waals surface area contributed by atoms with Gasteiger partial charge in [-0.3, -0.25) is 14.6 Å². The van der Waals surface area contributed by atoms with Crippen molar-refractivity contribution in [2.75, 3.05) is 39.3 Å². The van der Waals surface area contributed by atoms with E-state index in [-0.39, 0.29) is 16.9 Å². The van der Waals surface area contributed by atoms with Gasteiger partial charge in [0, 0.05) is 50.7 Å². The Morgan fingerprint density at radius 3 is 2.52 bits per heavy atom. The topological polar surface area (TPSA) is 78.5 Å². The first-order valence-electron chi connectivity index (χ1n) is 10.5. The van der Waals surface area contributed by atoms with Gasteiger partial charge in [-0.2, -0.15) is 0 Å². The highest BCUT2D eigenvalue weighted by Crippen LogP contribution is 2.21. The molecule has 31 heavy (non-hydrogen) atoms. The van der Waals surface area contributed by atoms with E-state index in [9.17, 15) is 4.79 Å². The molecule has 2 aromatic carbocycles. The molecule has 0 aliphatic carbocycles. The van der Waals surface area contributed by atoms with E-state index >= 15 is 0 Å². The van der Waals surface area contributed by atoms with Gasteiger partial charge in [0.05, 0.1) is 5.56 Å². The first kappa shape index (κ1) is 21.1. The molecule has 2 heterocycles. The van der Waals surface area contributed by atoms with E-state index in [2.05, 4.69) is 45.3 Å². The molecule has 1 aliphatic heterocycles. The van der Waals surface area contributed by atoms with Crippen LogP contribution >= 0.6 is 0 Å². The Balaban J connectivity index is 1.29. The molecule has 0 unspecified atom stereocenters. The van der Waals surface area contributed by atoms with Gasteiger partial charge in [-0.25, -0.2) is 0 Å². The van der Waals surface area contributed by atoms with Crippen LogP contribution in [0.5, 0.6) is 5.75 Å². The van der Waals surface area contributed by atoms with Gasteiger partial charge in [0.2, 0.25) is 0 Å². The lowest BCUT2D eigenvalue weighted by Gasteiger charge is -2.34. The van der Waals surface area contributed by atoms with Gasteiger partial charge in [0.25, 0.3) is 5.55 Å². The molecule has 0 saturated carbocycles. The highest BCUT2D eigenvalue weighted by Gasteiger charge is 2.17. The molecule has 7 nitrogen and oxygen atoms in total. The van der Waals surface area contributed by atoms with E-state index in [1.54, 1.807) is 12.1 Å². The number of carbonyl (C=O) groups is 1. The first-order chi connectivity index (χ1) is 15.1. The van der Waals surface area contributed by atoms with Gasteiger partial charge in [-0.15, -0.1) is 0 Å². The predicted molar refractivity (Wildman–Crippen MR) is 117 cm³/mol. The van der Waals surface area contributed by atoms with Crippen molar-refractivity contribution in [2.24, 2.45) is 5.16 Å². The fourth-order valence-corrected chi connectivity index (χ4v) is 3.82. The van der Waals surface area contributed by atoms with Crippen LogP contribution in [0.15, 0.2) is 64.2 Å². The lowest BCUT2D eigenvalue weighted by Crippen LogP contribution is -2.47. The van der Waals surface area contributed by atoms with Crippen LogP contribution in [0.3, 0.4) is 0 Å². The normalized spacial score (nSPS) is 16.0. The van der Waals surface area contributed by atoms with Gasteiger partial charge in [-0.05, 0) is 35.8 Å². The SMILES string of the molecule is CC(=O)c1cc2ccc(OCCN3CCN(Cc4ccccc4)CC3)cc2oc1=NO. The van der Waals surface area contributed by atoms with E-state index in [1.807, 2.05) is 12.1 Å². The van der Waals surface area contributed by atoms with Crippen molar-refractivity contribution in [3.63, 3.8) is 0 Å². The largest absolute Gasteiger partial charge is 0.492 e. The summed E-state index contributed by atoms with van der Waals surface area (Å²) in [5.41, 5.74) is 2.01. The summed E-state index contributed by atoms with van der Waals surface area (Å²) in [7, 11) is 0. The van der Waals surface area contributed by atoms with Crippen molar-refractivity contribution < 1.29 is 19.2 Å². The molecule has 7 heteroatoms. The van der Waals surface area contributed by atoms with Gasteiger partial charge in [0.15, 0.2) is 5.78 Å². The van der Waals surface area contributed by atoms with Crippen molar-refractivity contribution in [1.29, 1.82) is 0 Å². The van der Waals surface area contributed by atoms with E-state index in [4.69, 9.17) is 14.4 Å². The minimum atomic E-state index is -0.220. The fourth-order valence-electron chi connectivity index (χ4n) is 3.82. The Bertz CT molecular complexity index is 1100. The van der Waals surface area contributed by atoms with Crippen LogP contribution in [0.1, 0.15) is 22.8 Å². The third-order valence-corrected chi connectivity index (χ3v) is 5.58. The summed E-state index contributed by atoms with van der Waals surface area (Å²) >= 11 is 0. The summed E-state index contributed by atoms with van der Waals surface area (Å²) in [6.07, 6.45) is 0. The third-order valence-electron chi connectivity index (χ3n) is 5.58. The summed E-state index contributed by atoms with van der Waals surface area (Å²) in [4.78, 5) is 16.6. The molecule has 0 atom stereocenters. The second kappa shape index (κ2) is 9.76. The number of hydrogen-bond acceptors (Lipinski definition) is 7. The van der Waals surface area contributed by atoms with Crippen molar-refractivity contribution >= 4 is 16.8 Å². The Hall–Kier alpha value is -3.16. The van der Waals surface area contributed by atoms with Crippen LogP contribution in [0.4, 0.5) is 0 Å². The number of piperazine rings is 1. The smallest absolute Gasteiger partial charge is 0.266 e. The first-order valence-corrected chi connectivity index (χ1v) is 10.5. The summed E-state index contributed by atoms with van der Waals surface area (Å²) < 4.78 is 11.5. The average Bonchev–Trinajstić information content (AvgIpc) is 2.80. The average molecular weight is 421 g/mol. The van der Waals surface area contributed by atoms with Crippen LogP contribution < -0.4 is 10.3 Å². The van der Waals surface area contributed by atoms with Crippen LogP contribution in [-0.2, 0) is 6.54 Å². The minimum Gasteiger partial charge on any atom is -0.492 e. The molecule has 1 fully saturated rings. The molecule has 0 radical (unpaired) electrons. The molecule has 0 amide bonds. The third kappa shape index (κ3) is 5.31. The number of ether oxygens (including phenoxy) is 1. The van der Waals surface area contributed by atoms with Gasteiger partial charge < -0.3 is 14.4 Å². The zero-order valence-electron chi connectivity index (χ0n) is 17.7. The lowest BCUT2D eigenvalue weighted by atomic mass is 10.1. The highest BCUT2D eigenvalue weighted by molar-refractivity contribution is 5.96. The number of Topliss-reactive ketones (excluding diaryl/α,β-unsaturated/α-hetero) is 1. The molecule has 0 spiro atoms. The number of benzene rings is 2. The monoisotopic (exact) mass is 421 g/mol. The summed E-state index contributed by atoms with van der Waals surface area (Å²) in [5, 5.41) is 13.0. The maximum Gasteiger partial charge on any atom is 0.266 e. The second-order valence-electron chi connectivity index (χ2n) is 7.77. The van der Waals surface area contributed by atoms with E-state index in [1.165, 1.54) is 12.5 Å². The van der Waals surface area contributed by atoms with Crippen molar-refractivity contribution in [3.8, 4) is 5.75 Å². The quantitative estimate of drug-likeness (QED) is 0.359. The fraction of sp³-hybridized carbons (Fsp3) is 0.333. The maximum absolute atomic E-state index is 11.7. The number of hydrogen-bond donors (Lipinski definition) is 1. The molecule has 1 N–H and O–H groups in total. The molecule has 1 aromatic heterocycles. The zero-order valence-corrected chi connectivity index (χ0v) is 17.7. The second-order valence-corrected chi connectivity index (χ2v) is 7.77. The standard InChI is InChI=1S/C24H27N3O4/c1-18(28)22-15-20-7-8-21(16-23(20)31-24(22)25-29)30-14-13-26-9-11-27(12-10-26)17-19-5-3-2-4-6-19/h2-8,15-16,29H,9-14,17H2,1H3. The molecule has 162 valence electrons. The highest BCUT2D eigenvalue weighted by atomic mass is 16.5. The van der Waals surface area contributed by atoms with Crippen LogP contribution in [0.25, 0.3) is 11.0 Å². The summed E-state index contributed by atoms with van der Waals surface area (Å²) in [5.74, 6) is 0.459. The van der Waals surface area contributed by atoms with Gasteiger partial charge >= 0.3 is 0 Å². The molecular formula is C24H27N3O4. The van der Waals surface area contributed by atoms with Crippen LogP contribution in [-0.4, -0.2) is 60.1 Å². The molecule has 4 rings (SSSR count). The Labute approximate surface area is 181 Å². The lowest BCUT2D eigenvalue weighted by molar-refractivity contribution is 0.101. The molecule has 1 saturated heterocycles. The van der Waals surface area contributed by atoms with Crippen molar-refractivity contribution in [3.05, 3.63) is 71.3 Å². The van der Waals surface area contributed by atoms with E-state index < -0.39 is 0 Å². The van der Waals surface area contributed by atoms with Crippen molar-refractivity contribution in [1.82, 2.24) is 9.80 Å². The minimum absolute atomic E-state index is 0.0921. The van der Waals surface area contributed by atoms with E-state index in [0.717, 1.165) is 44.7 Å². The van der Waals surface area contributed by atoms with Crippen molar-refractivity contribution in [2.45, 2.75) is 13.5 Å².